The van der Waals surface area contributed by atoms with Crippen molar-refractivity contribution < 1.29 is 19.1 Å². The minimum Gasteiger partial charge on any atom is -0.481 e. The highest BCUT2D eigenvalue weighted by atomic mass is 35.5. The third-order valence-electron chi connectivity index (χ3n) is 12.2. The van der Waals surface area contributed by atoms with Gasteiger partial charge in [0.2, 0.25) is 23.6 Å². The lowest BCUT2D eigenvalue weighted by molar-refractivity contribution is -0.161. The van der Waals surface area contributed by atoms with Crippen molar-refractivity contribution in [3.63, 3.8) is 0 Å². The molecule has 11 nitrogen and oxygen atoms in total. The van der Waals surface area contributed by atoms with E-state index in [0.717, 1.165) is 104 Å². The molecule has 2 aromatic heterocycles. The van der Waals surface area contributed by atoms with E-state index in [1.165, 1.54) is 5.56 Å². The van der Waals surface area contributed by atoms with Gasteiger partial charge in [-0.3, -0.25) is 24.4 Å². The maximum Gasteiger partial charge on any atom is 0.237 e. The van der Waals surface area contributed by atoms with Crippen LogP contribution in [0.3, 0.4) is 0 Å². The summed E-state index contributed by atoms with van der Waals surface area (Å²) in [6, 6.07) is 14.2. The first-order chi connectivity index (χ1) is 26.0. The van der Waals surface area contributed by atoms with Crippen molar-refractivity contribution in [3.8, 4) is 45.4 Å². The van der Waals surface area contributed by atoms with E-state index in [-0.39, 0.29) is 28.7 Å². The number of likely N-dealkylation sites (tertiary alicyclic amines) is 4. The summed E-state index contributed by atoms with van der Waals surface area (Å²) in [5, 5.41) is 1.06. The van der Waals surface area contributed by atoms with Crippen LogP contribution in [-0.2, 0) is 22.6 Å². The van der Waals surface area contributed by atoms with Crippen LogP contribution in [0.4, 0.5) is 0 Å². The molecule has 1 aliphatic carbocycles. The van der Waals surface area contributed by atoms with Crippen molar-refractivity contribution in [1.29, 1.82) is 0 Å². The van der Waals surface area contributed by atoms with E-state index >= 15 is 0 Å². The van der Waals surface area contributed by atoms with Crippen LogP contribution >= 0.6 is 23.2 Å². The number of aromatic nitrogens is 3. The minimum absolute atomic E-state index is 0.139. The number of rotatable bonds is 8. The first kappa shape index (κ1) is 35.4. The summed E-state index contributed by atoms with van der Waals surface area (Å²) in [7, 11) is 3.29. The van der Waals surface area contributed by atoms with Gasteiger partial charge in [0, 0.05) is 117 Å². The van der Waals surface area contributed by atoms with Crippen LogP contribution in [-0.4, -0.2) is 113 Å². The maximum atomic E-state index is 11.8. The fourth-order valence-electron chi connectivity index (χ4n) is 9.55. The number of ether oxygens (including phenoxy) is 2. The van der Waals surface area contributed by atoms with Crippen LogP contribution in [0.5, 0.6) is 11.8 Å². The lowest BCUT2D eigenvalue weighted by atomic mass is 9.72. The van der Waals surface area contributed by atoms with Crippen molar-refractivity contribution in [2.24, 2.45) is 10.8 Å². The average molecular weight is 769 g/mol. The second-order valence-electron chi connectivity index (χ2n) is 16.0. The number of methoxy groups -OCH3 is 2. The second kappa shape index (κ2) is 13.2. The van der Waals surface area contributed by atoms with Gasteiger partial charge in [0.15, 0.2) is 0 Å². The SMILES string of the molecule is COc1nc(-c2cccc(-c3cccc(-c4cc5c(c(OC)n4)C(N4CC6(CN(C(C)=O)C6)C4)CC5)c3Cl)c2Cl)cnc1CN1CC2(C1)CN(C(C)=O)C2. The van der Waals surface area contributed by atoms with Gasteiger partial charge in [0.25, 0.3) is 0 Å². The predicted octanol–water partition coefficient (Wildman–Crippen LogP) is 6.01. The number of benzene rings is 2. The summed E-state index contributed by atoms with van der Waals surface area (Å²) < 4.78 is 11.7. The molecule has 1 atom stereocenters. The van der Waals surface area contributed by atoms with Crippen molar-refractivity contribution in [2.75, 3.05) is 66.6 Å². The van der Waals surface area contributed by atoms with Gasteiger partial charge in [-0.25, -0.2) is 9.97 Å². The molecule has 9 rings (SSSR count). The van der Waals surface area contributed by atoms with Crippen LogP contribution in [0.1, 0.15) is 43.1 Å². The molecule has 2 spiro atoms. The molecule has 4 fully saturated rings. The number of aryl methyl sites for hydroxylation is 1. The Balaban J connectivity index is 0.943. The molecule has 4 aliphatic heterocycles. The Labute approximate surface area is 325 Å². The number of hydrogen-bond donors (Lipinski definition) is 0. The van der Waals surface area contributed by atoms with E-state index in [2.05, 4.69) is 15.9 Å². The molecule has 4 aromatic rings. The van der Waals surface area contributed by atoms with Crippen molar-refractivity contribution in [3.05, 3.63) is 75.5 Å². The van der Waals surface area contributed by atoms with Crippen LogP contribution in [0.2, 0.25) is 10.0 Å². The number of nitrogens with zero attached hydrogens (tertiary/aromatic N) is 7. The molecule has 1 unspecified atom stereocenters. The highest BCUT2D eigenvalue weighted by molar-refractivity contribution is 6.39. The maximum absolute atomic E-state index is 11.8. The third kappa shape index (κ3) is 5.82. The highest BCUT2D eigenvalue weighted by Gasteiger charge is 2.55. The molecule has 0 radical (unpaired) electrons. The average Bonchev–Trinajstić information content (AvgIpc) is 3.51. The molecule has 0 N–H and O–H groups in total. The summed E-state index contributed by atoms with van der Waals surface area (Å²) in [6.07, 6.45) is 3.69. The topological polar surface area (TPSA) is 104 Å². The number of halogens is 2. The van der Waals surface area contributed by atoms with Crippen LogP contribution in [0, 0.1) is 10.8 Å². The molecule has 13 heteroatoms. The zero-order chi connectivity index (χ0) is 37.5. The van der Waals surface area contributed by atoms with E-state index in [0.29, 0.717) is 34.0 Å². The summed E-state index contributed by atoms with van der Waals surface area (Å²) in [6.45, 7) is 11.1. The number of pyridine rings is 1. The zero-order valence-corrected chi connectivity index (χ0v) is 32.5. The Hall–Kier alpha value is -4.29. The first-order valence-electron chi connectivity index (χ1n) is 18.5. The molecular formula is C41H43Cl2N7O4. The summed E-state index contributed by atoms with van der Waals surface area (Å²) in [5.74, 6) is 1.40. The standard InChI is InChI=1S/C41H43Cl2N7O4/c1-24(51)48-18-40(19-48)16-47(17-40)15-33-38(53-3)46-32(14-44-33)30-10-6-8-28(37(30)43)27-7-5-9-29(36(27)42)31-13-26-11-12-34(35(26)39(45-31)54-4)50-22-41(23-50)20-49(21-41)25(2)52/h5-10,13-14,34H,11-12,15-23H2,1-4H3. The van der Waals surface area contributed by atoms with Crippen molar-refractivity contribution in [1.82, 2.24) is 34.6 Å². The van der Waals surface area contributed by atoms with E-state index < -0.39 is 0 Å². The minimum atomic E-state index is 0.139. The molecule has 2 aromatic carbocycles. The van der Waals surface area contributed by atoms with Gasteiger partial charge < -0.3 is 19.3 Å². The molecule has 0 saturated carbocycles. The van der Waals surface area contributed by atoms with Gasteiger partial charge in [-0.05, 0) is 24.5 Å². The largest absolute Gasteiger partial charge is 0.481 e. The second-order valence-corrected chi connectivity index (χ2v) is 16.7. The van der Waals surface area contributed by atoms with Gasteiger partial charge in [-0.15, -0.1) is 0 Å². The van der Waals surface area contributed by atoms with Gasteiger partial charge in [0.05, 0.1) is 41.8 Å². The Morgan fingerprint density at radius 3 is 1.87 bits per heavy atom. The molecule has 4 saturated heterocycles. The van der Waals surface area contributed by atoms with Gasteiger partial charge in [0.1, 0.15) is 5.69 Å². The Kier molecular flexibility index (Phi) is 8.65. The van der Waals surface area contributed by atoms with Crippen molar-refractivity contribution in [2.45, 2.75) is 39.3 Å². The molecule has 280 valence electrons. The van der Waals surface area contributed by atoms with Crippen molar-refractivity contribution >= 4 is 35.0 Å². The number of carbonyl (C=O) groups is 2. The quantitative estimate of drug-likeness (QED) is 0.213. The Morgan fingerprint density at radius 1 is 0.759 bits per heavy atom. The van der Waals surface area contributed by atoms with Gasteiger partial charge >= 0.3 is 0 Å². The highest BCUT2D eigenvalue weighted by Crippen LogP contribution is 2.50. The fraction of sp³-hybridized carbons (Fsp3) is 0.439. The Morgan fingerprint density at radius 2 is 1.30 bits per heavy atom. The molecule has 5 aliphatic rings. The van der Waals surface area contributed by atoms with E-state index in [1.54, 1.807) is 34.3 Å². The molecule has 54 heavy (non-hydrogen) atoms. The Bertz CT molecular complexity index is 2190. The first-order valence-corrected chi connectivity index (χ1v) is 19.3. The zero-order valence-electron chi connectivity index (χ0n) is 31.0. The lowest BCUT2D eigenvalue weighted by Crippen LogP contribution is -2.72. The normalized spacial score (nSPS) is 20.9. The number of hydrogen-bond acceptors (Lipinski definition) is 9. The smallest absolute Gasteiger partial charge is 0.237 e. The fourth-order valence-corrected chi connectivity index (χ4v) is 10.2. The van der Waals surface area contributed by atoms with E-state index in [4.69, 9.17) is 47.6 Å². The number of amides is 2. The monoisotopic (exact) mass is 767 g/mol. The summed E-state index contributed by atoms with van der Waals surface area (Å²) >= 11 is 14.4. The summed E-state index contributed by atoms with van der Waals surface area (Å²) in [5.41, 5.74) is 8.05. The predicted molar refractivity (Wildman–Crippen MR) is 207 cm³/mol. The summed E-state index contributed by atoms with van der Waals surface area (Å²) in [4.78, 5) is 46.7. The van der Waals surface area contributed by atoms with E-state index in [1.807, 2.05) is 46.2 Å². The number of carbonyl (C=O) groups excluding carboxylic acids is 2. The van der Waals surface area contributed by atoms with Crippen LogP contribution in [0.15, 0.2) is 48.7 Å². The molecule has 6 heterocycles. The van der Waals surface area contributed by atoms with Gasteiger partial charge in [-0.1, -0.05) is 59.6 Å². The molecule has 0 bridgehead atoms. The lowest BCUT2D eigenvalue weighted by Gasteiger charge is -2.61. The molecular weight excluding hydrogens is 725 g/mol. The third-order valence-corrected chi connectivity index (χ3v) is 13.0. The van der Waals surface area contributed by atoms with E-state index in [9.17, 15) is 9.59 Å². The van der Waals surface area contributed by atoms with Crippen LogP contribution in [0.25, 0.3) is 33.6 Å². The number of fused-ring (bicyclic) bond motifs is 1. The van der Waals surface area contributed by atoms with Crippen LogP contribution < -0.4 is 9.47 Å². The molecule has 2 amide bonds. The van der Waals surface area contributed by atoms with Gasteiger partial charge in [-0.2, -0.15) is 0 Å².